The summed E-state index contributed by atoms with van der Waals surface area (Å²) in [6.07, 6.45) is 2.17. The van der Waals surface area contributed by atoms with Crippen LogP contribution in [0.3, 0.4) is 0 Å². The van der Waals surface area contributed by atoms with Crippen molar-refractivity contribution in [3.63, 3.8) is 0 Å². The largest absolute Gasteiger partial charge is 0.490 e. The summed E-state index contributed by atoms with van der Waals surface area (Å²) in [4.78, 5) is 9.14. The molecule has 2 aromatic rings. The van der Waals surface area contributed by atoms with Crippen molar-refractivity contribution in [1.29, 1.82) is 0 Å². The molecule has 0 bridgehead atoms. The zero-order valence-corrected chi connectivity index (χ0v) is 16.4. The minimum atomic E-state index is -2.39. The Kier molecular flexibility index (Phi) is 5.31. The smallest absolute Gasteiger partial charge is 0.153 e. The molecule has 0 spiro atoms. The summed E-state index contributed by atoms with van der Waals surface area (Å²) in [5, 5.41) is 0. The molecule has 2 aliphatic rings. The van der Waals surface area contributed by atoms with Crippen molar-refractivity contribution in [2.45, 2.75) is 39.0 Å². The number of aromatic nitrogens is 1. The van der Waals surface area contributed by atoms with Crippen molar-refractivity contribution < 1.29 is 13.2 Å². The molecule has 1 saturated heterocycles. The normalized spacial score (nSPS) is 18.1. The average Bonchev–Trinajstić information content (AvgIpc) is 3.03. The van der Waals surface area contributed by atoms with Gasteiger partial charge in [-0.2, -0.15) is 0 Å². The van der Waals surface area contributed by atoms with Crippen molar-refractivity contribution in [3.8, 4) is 5.75 Å². The highest BCUT2D eigenvalue weighted by Crippen LogP contribution is 2.29. The van der Waals surface area contributed by atoms with E-state index < -0.39 is 10.7 Å². The van der Waals surface area contributed by atoms with Gasteiger partial charge in [0.2, 0.25) is 0 Å². The van der Waals surface area contributed by atoms with Crippen LogP contribution in [0.25, 0.3) is 0 Å². The summed E-state index contributed by atoms with van der Waals surface area (Å²) in [5.74, 6) is 2.06. The van der Waals surface area contributed by atoms with Crippen molar-refractivity contribution in [3.05, 3.63) is 53.2 Å². The summed E-state index contributed by atoms with van der Waals surface area (Å²) in [6, 6.07) is 12.2. The monoisotopic (exact) mass is 387 g/mol. The van der Waals surface area contributed by atoms with Crippen LogP contribution in [0, 0.1) is 6.92 Å². The number of thiol groups is 1. The number of benzene rings is 1. The Morgan fingerprint density at radius 1 is 1.15 bits per heavy atom. The first-order valence-electron chi connectivity index (χ1n) is 9.38. The standard InChI is InChI=1S/C20H25N3O3S/c1-15-11-16-12-22(14-27(24)25)13-19(16)21-20(15)23-9-7-18(8-10-23)26-17-5-3-2-4-6-17/h2-6,11,18,27H,7-10,12-14H2,1H3. The summed E-state index contributed by atoms with van der Waals surface area (Å²) < 4.78 is 28.1. The highest BCUT2D eigenvalue weighted by atomic mass is 32.2. The summed E-state index contributed by atoms with van der Waals surface area (Å²) in [6.45, 7) is 5.20. The third-order valence-electron chi connectivity index (χ3n) is 5.23. The molecule has 6 nitrogen and oxygen atoms in total. The number of nitrogens with zero attached hydrogens (tertiary/aromatic N) is 3. The summed E-state index contributed by atoms with van der Waals surface area (Å²) >= 11 is 0. The fraction of sp³-hybridized carbons (Fsp3) is 0.450. The van der Waals surface area contributed by atoms with Gasteiger partial charge in [0.1, 0.15) is 17.7 Å². The fourth-order valence-electron chi connectivity index (χ4n) is 3.94. The third kappa shape index (κ3) is 4.25. The Bertz CT molecular complexity index is 870. The molecule has 1 aromatic carbocycles. The number of pyridine rings is 1. The van der Waals surface area contributed by atoms with Crippen molar-refractivity contribution in [1.82, 2.24) is 9.88 Å². The second-order valence-electron chi connectivity index (χ2n) is 7.31. The first kappa shape index (κ1) is 18.3. The van der Waals surface area contributed by atoms with Crippen LogP contribution in [0.1, 0.15) is 29.7 Å². The van der Waals surface area contributed by atoms with Crippen LogP contribution in [0.4, 0.5) is 5.82 Å². The minimum absolute atomic E-state index is 0.0995. The molecule has 0 amide bonds. The van der Waals surface area contributed by atoms with E-state index in [9.17, 15) is 8.42 Å². The second kappa shape index (κ2) is 7.86. The Labute approximate surface area is 161 Å². The number of ether oxygens (including phenoxy) is 1. The quantitative estimate of drug-likeness (QED) is 0.795. The van der Waals surface area contributed by atoms with Gasteiger partial charge < -0.3 is 9.64 Å². The number of anilines is 1. The molecule has 1 aromatic heterocycles. The maximum atomic E-state index is 11.0. The van der Waals surface area contributed by atoms with E-state index in [1.54, 1.807) is 0 Å². The topological polar surface area (TPSA) is 62.7 Å². The number of piperidine rings is 1. The molecule has 7 heteroatoms. The van der Waals surface area contributed by atoms with E-state index in [4.69, 9.17) is 9.72 Å². The van der Waals surface area contributed by atoms with Gasteiger partial charge in [0.25, 0.3) is 0 Å². The number of hydrogen-bond acceptors (Lipinski definition) is 6. The van der Waals surface area contributed by atoms with Crippen LogP contribution in [0.5, 0.6) is 5.75 Å². The second-order valence-corrected chi connectivity index (χ2v) is 8.26. The number of rotatable bonds is 5. The SMILES string of the molecule is Cc1cc2c(nc1N1CCC(Oc3ccccc3)CC1)CN(C[SH](=O)=O)C2. The molecule has 0 unspecified atom stereocenters. The molecule has 3 heterocycles. The lowest BCUT2D eigenvalue weighted by molar-refractivity contribution is 0.170. The molecule has 0 atom stereocenters. The molecule has 2 aliphatic heterocycles. The number of para-hydroxylation sites is 1. The van der Waals surface area contributed by atoms with Gasteiger partial charge >= 0.3 is 0 Å². The van der Waals surface area contributed by atoms with Crippen LogP contribution < -0.4 is 9.64 Å². The Morgan fingerprint density at radius 2 is 1.89 bits per heavy atom. The lowest BCUT2D eigenvalue weighted by Gasteiger charge is -2.34. The minimum Gasteiger partial charge on any atom is -0.490 e. The van der Waals surface area contributed by atoms with Crippen molar-refractivity contribution >= 4 is 16.5 Å². The van der Waals surface area contributed by atoms with Crippen LogP contribution >= 0.6 is 0 Å². The van der Waals surface area contributed by atoms with Gasteiger partial charge in [-0.15, -0.1) is 0 Å². The predicted molar refractivity (Wildman–Crippen MR) is 106 cm³/mol. The number of aryl methyl sites for hydroxylation is 1. The molecule has 0 N–H and O–H groups in total. The van der Waals surface area contributed by atoms with Crippen molar-refractivity contribution in [2.24, 2.45) is 0 Å². The Morgan fingerprint density at radius 3 is 2.59 bits per heavy atom. The lowest BCUT2D eigenvalue weighted by Crippen LogP contribution is -2.39. The molecule has 1 fully saturated rings. The van der Waals surface area contributed by atoms with E-state index in [0.717, 1.165) is 54.3 Å². The first-order valence-corrected chi connectivity index (χ1v) is 10.7. The molecule has 4 rings (SSSR count). The predicted octanol–water partition coefficient (Wildman–Crippen LogP) is 2.32. The Balaban J connectivity index is 1.40. The number of fused-ring (bicyclic) bond motifs is 1. The highest BCUT2D eigenvalue weighted by Gasteiger charge is 2.26. The average molecular weight is 388 g/mol. The molecular formula is C20H25N3O3S. The van der Waals surface area contributed by atoms with Gasteiger partial charge in [-0.3, -0.25) is 4.90 Å². The Hall–Kier alpha value is -2.12. The van der Waals surface area contributed by atoms with Crippen molar-refractivity contribution in [2.75, 3.05) is 23.9 Å². The van der Waals surface area contributed by atoms with Crippen LogP contribution in [-0.4, -0.2) is 43.4 Å². The van der Waals surface area contributed by atoms with Crippen LogP contribution in [0.15, 0.2) is 36.4 Å². The van der Waals surface area contributed by atoms with Gasteiger partial charge in [0, 0.05) is 39.0 Å². The van der Waals surface area contributed by atoms with Crippen LogP contribution in [0.2, 0.25) is 0 Å². The zero-order chi connectivity index (χ0) is 18.8. The number of hydrogen-bond donors (Lipinski definition) is 1. The highest BCUT2D eigenvalue weighted by molar-refractivity contribution is 7.72. The molecule has 144 valence electrons. The first-order chi connectivity index (χ1) is 13.1. The van der Waals surface area contributed by atoms with Gasteiger partial charge in [-0.05, 0) is 36.2 Å². The van der Waals surface area contributed by atoms with E-state index in [1.807, 2.05) is 35.2 Å². The molecule has 0 radical (unpaired) electrons. The molecule has 27 heavy (non-hydrogen) atoms. The summed E-state index contributed by atoms with van der Waals surface area (Å²) in [7, 11) is -2.39. The third-order valence-corrected chi connectivity index (χ3v) is 5.86. The van der Waals surface area contributed by atoms with Gasteiger partial charge in [-0.1, -0.05) is 18.2 Å². The zero-order valence-electron chi connectivity index (χ0n) is 15.5. The van der Waals surface area contributed by atoms with E-state index in [0.29, 0.717) is 13.1 Å². The van der Waals surface area contributed by atoms with E-state index in [1.165, 1.54) is 0 Å². The lowest BCUT2D eigenvalue weighted by atomic mass is 10.1. The maximum absolute atomic E-state index is 11.0. The van der Waals surface area contributed by atoms with E-state index >= 15 is 0 Å². The molecule has 0 aliphatic carbocycles. The van der Waals surface area contributed by atoms with Gasteiger partial charge in [0.05, 0.1) is 11.6 Å². The van der Waals surface area contributed by atoms with E-state index in [-0.39, 0.29) is 12.0 Å². The summed E-state index contributed by atoms with van der Waals surface area (Å²) in [5.41, 5.74) is 3.31. The molecule has 0 saturated carbocycles. The molecular weight excluding hydrogens is 362 g/mol. The van der Waals surface area contributed by atoms with Gasteiger partial charge in [-0.25, -0.2) is 13.4 Å². The fourth-order valence-corrected chi connectivity index (χ4v) is 4.47. The van der Waals surface area contributed by atoms with E-state index in [2.05, 4.69) is 17.9 Å². The maximum Gasteiger partial charge on any atom is 0.153 e. The van der Waals surface area contributed by atoms with Crippen LogP contribution in [-0.2, 0) is 23.8 Å². The van der Waals surface area contributed by atoms with Gasteiger partial charge in [0.15, 0.2) is 10.7 Å².